The fourth-order valence-corrected chi connectivity index (χ4v) is 7.19. The number of carbonyl (C=O) groups is 2. The van der Waals surface area contributed by atoms with Crippen LogP contribution in [0.15, 0.2) is 90.6 Å². The van der Waals surface area contributed by atoms with Crippen LogP contribution in [0.5, 0.6) is 0 Å². The maximum absolute atomic E-state index is 13.7. The van der Waals surface area contributed by atoms with Crippen molar-refractivity contribution in [3.63, 3.8) is 0 Å². The van der Waals surface area contributed by atoms with Crippen molar-refractivity contribution in [2.24, 2.45) is 0 Å². The number of hydrogen-bond donors (Lipinski definition) is 0. The third-order valence-electron chi connectivity index (χ3n) is 7.04. The van der Waals surface area contributed by atoms with E-state index in [1.807, 2.05) is 60.7 Å². The maximum Gasteiger partial charge on any atom is 0.331 e. The van der Waals surface area contributed by atoms with E-state index in [0.29, 0.717) is 11.3 Å². The van der Waals surface area contributed by atoms with Crippen molar-refractivity contribution in [2.45, 2.75) is 43.0 Å². The minimum absolute atomic E-state index is 0.153. The Morgan fingerprint density at radius 2 is 1.50 bits per heavy atom. The molecule has 0 radical (unpaired) electrons. The number of amides is 1. The van der Waals surface area contributed by atoms with Crippen LogP contribution in [0.1, 0.15) is 43.7 Å². The fourth-order valence-electron chi connectivity index (χ4n) is 4.99. The number of esters is 1. The zero-order valence-corrected chi connectivity index (χ0v) is 21.0. The fraction of sp³-hybridized carbons (Fsp3) is 0.250. The number of ether oxygens (including phenoxy) is 1. The summed E-state index contributed by atoms with van der Waals surface area (Å²) in [5.74, 6) is -1.25. The van der Waals surface area contributed by atoms with Gasteiger partial charge in [-0.1, -0.05) is 66.7 Å². The first-order valence-electron chi connectivity index (χ1n) is 11.6. The van der Waals surface area contributed by atoms with Gasteiger partial charge in [0.2, 0.25) is 0 Å². The van der Waals surface area contributed by atoms with Gasteiger partial charge in [-0.15, -0.1) is 0 Å². The zero-order valence-electron chi connectivity index (χ0n) is 20.2. The minimum atomic E-state index is -3.94. The number of pyridine rings is 1. The summed E-state index contributed by atoms with van der Waals surface area (Å²) in [5, 5.41) is -1.22. The number of aromatic nitrogens is 1. The molecular formula is C28H26N2O5S. The van der Waals surface area contributed by atoms with Crippen molar-refractivity contribution in [1.82, 2.24) is 9.88 Å². The molecule has 2 aliphatic rings. The lowest BCUT2D eigenvalue weighted by atomic mass is 9.92. The van der Waals surface area contributed by atoms with Crippen LogP contribution >= 0.6 is 0 Å². The molecule has 2 fully saturated rings. The summed E-state index contributed by atoms with van der Waals surface area (Å²) in [7, 11) is -3.94. The Hall–Kier alpha value is -3.78. The van der Waals surface area contributed by atoms with E-state index in [0.717, 1.165) is 16.0 Å². The summed E-state index contributed by atoms with van der Waals surface area (Å²) >= 11 is 0. The summed E-state index contributed by atoms with van der Waals surface area (Å²) < 4.78 is 31.7. The Kier molecular flexibility index (Phi) is 5.79. The van der Waals surface area contributed by atoms with Crippen LogP contribution in [0.2, 0.25) is 0 Å². The van der Waals surface area contributed by atoms with E-state index in [1.54, 1.807) is 31.3 Å². The Bertz CT molecular complexity index is 1410. The standard InChI is InChI=1S/C28H26N2O5S/c1-18(21-16-10-11-17-29-21)22-25(31)30-24(28(2,3)36(33,34)26(22)30)27(32)35-23(19-12-6-4-7-13-19)20-14-8-5-9-15-20/h4-17,23-24,26H,1-3H3/b22-18-/t24-,26+/m0/s1. The molecule has 2 aromatic carbocycles. The number of benzene rings is 2. The van der Waals surface area contributed by atoms with Crippen LogP contribution in [-0.4, -0.2) is 46.3 Å². The van der Waals surface area contributed by atoms with Gasteiger partial charge < -0.3 is 9.64 Å². The van der Waals surface area contributed by atoms with Gasteiger partial charge in [0.05, 0.1) is 11.3 Å². The third kappa shape index (κ3) is 3.55. The molecular weight excluding hydrogens is 476 g/mol. The van der Waals surface area contributed by atoms with E-state index in [1.165, 1.54) is 13.8 Å². The molecule has 1 aromatic heterocycles. The molecule has 0 aliphatic carbocycles. The van der Waals surface area contributed by atoms with Crippen molar-refractivity contribution >= 4 is 27.3 Å². The zero-order chi connectivity index (χ0) is 25.7. The first-order valence-corrected chi connectivity index (χ1v) is 13.2. The molecule has 0 unspecified atom stereocenters. The van der Waals surface area contributed by atoms with Gasteiger partial charge in [0.25, 0.3) is 5.91 Å². The second-order valence-corrected chi connectivity index (χ2v) is 12.1. The summed E-state index contributed by atoms with van der Waals surface area (Å²) in [5.41, 5.74) is 2.65. The molecule has 1 amide bonds. The molecule has 3 aromatic rings. The number of nitrogens with zero attached hydrogens (tertiary/aromatic N) is 2. The van der Waals surface area contributed by atoms with Crippen LogP contribution in [-0.2, 0) is 24.2 Å². The van der Waals surface area contributed by atoms with E-state index in [4.69, 9.17) is 4.74 Å². The molecule has 36 heavy (non-hydrogen) atoms. The van der Waals surface area contributed by atoms with Crippen molar-refractivity contribution in [3.05, 3.63) is 107 Å². The summed E-state index contributed by atoms with van der Waals surface area (Å²) in [6.45, 7) is 4.64. The highest BCUT2D eigenvalue weighted by Crippen LogP contribution is 2.50. The number of β-lactam (4-membered cyclic amide) rings is 1. The molecule has 8 heteroatoms. The van der Waals surface area contributed by atoms with Gasteiger partial charge in [-0.2, -0.15) is 0 Å². The third-order valence-corrected chi connectivity index (χ3v) is 9.78. The highest BCUT2D eigenvalue weighted by atomic mass is 32.2. The minimum Gasteiger partial charge on any atom is -0.451 e. The monoisotopic (exact) mass is 502 g/mol. The molecule has 0 spiro atoms. The number of allylic oxidation sites excluding steroid dienone is 1. The predicted molar refractivity (Wildman–Crippen MR) is 135 cm³/mol. The number of carbonyl (C=O) groups excluding carboxylic acids is 2. The number of sulfone groups is 1. The molecule has 184 valence electrons. The van der Waals surface area contributed by atoms with Crippen LogP contribution in [0.3, 0.4) is 0 Å². The maximum atomic E-state index is 13.7. The average molecular weight is 503 g/mol. The van der Waals surface area contributed by atoms with Gasteiger partial charge in [0, 0.05) is 6.20 Å². The normalized spacial score (nSPS) is 23.1. The average Bonchev–Trinajstić information content (AvgIpc) is 3.03. The van der Waals surface area contributed by atoms with Crippen LogP contribution in [0.25, 0.3) is 5.57 Å². The molecule has 7 nitrogen and oxygen atoms in total. The highest BCUT2D eigenvalue weighted by Gasteiger charge is 2.71. The van der Waals surface area contributed by atoms with E-state index in [2.05, 4.69) is 4.98 Å². The molecule has 0 bridgehead atoms. The Balaban J connectivity index is 1.53. The Labute approximate surface area is 210 Å². The predicted octanol–water partition coefficient (Wildman–Crippen LogP) is 3.93. The van der Waals surface area contributed by atoms with Gasteiger partial charge in [0.15, 0.2) is 27.4 Å². The van der Waals surface area contributed by atoms with Crippen LogP contribution < -0.4 is 0 Å². The topological polar surface area (TPSA) is 93.6 Å². The van der Waals surface area contributed by atoms with Gasteiger partial charge in [-0.25, -0.2) is 13.2 Å². The Morgan fingerprint density at radius 1 is 0.944 bits per heavy atom. The molecule has 5 rings (SSSR count). The molecule has 3 heterocycles. The smallest absolute Gasteiger partial charge is 0.331 e. The lowest BCUT2D eigenvalue weighted by Crippen LogP contribution is -2.59. The quantitative estimate of drug-likeness (QED) is 0.298. The number of hydrogen-bond acceptors (Lipinski definition) is 6. The lowest BCUT2D eigenvalue weighted by Gasteiger charge is -2.39. The summed E-state index contributed by atoms with van der Waals surface area (Å²) in [6.07, 6.45) is 0.833. The first-order chi connectivity index (χ1) is 17.2. The van der Waals surface area contributed by atoms with E-state index in [-0.39, 0.29) is 5.57 Å². The van der Waals surface area contributed by atoms with Gasteiger partial charge in [0.1, 0.15) is 4.75 Å². The van der Waals surface area contributed by atoms with Gasteiger partial charge in [-0.3, -0.25) is 9.78 Å². The van der Waals surface area contributed by atoms with Crippen LogP contribution in [0, 0.1) is 0 Å². The molecule has 2 atom stereocenters. The molecule has 2 aliphatic heterocycles. The van der Waals surface area contributed by atoms with E-state index in [9.17, 15) is 18.0 Å². The van der Waals surface area contributed by atoms with Crippen LogP contribution in [0.4, 0.5) is 0 Å². The number of fused-ring (bicyclic) bond motifs is 1. The van der Waals surface area contributed by atoms with Crippen molar-refractivity contribution < 1.29 is 22.7 Å². The largest absolute Gasteiger partial charge is 0.451 e. The summed E-state index contributed by atoms with van der Waals surface area (Å²) in [4.78, 5) is 32.4. The van der Waals surface area contributed by atoms with E-state index >= 15 is 0 Å². The summed E-state index contributed by atoms with van der Waals surface area (Å²) in [6, 6.07) is 22.4. The van der Waals surface area contributed by atoms with Crippen molar-refractivity contribution in [3.8, 4) is 0 Å². The second-order valence-electron chi connectivity index (χ2n) is 9.51. The SMILES string of the molecule is C/C(=C1\C(=O)N2[C@@H](C(=O)OC(c3ccccc3)c3ccccc3)C(C)(C)S(=O)(=O)[C@H]12)c1ccccn1. The number of rotatable bonds is 5. The van der Waals surface area contributed by atoms with Crippen molar-refractivity contribution in [2.75, 3.05) is 0 Å². The molecule has 0 saturated carbocycles. The lowest BCUT2D eigenvalue weighted by molar-refractivity contribution is -0.160. The Morgan fingerprint density at radius 3 is 2.03 bits per heavy atom. The highest BCUT2D eigenvalue weighted by molar-refractivity contribution is 7.94. The van der Waals surface area contributed by atoms with Gasteiger partial charge >= 0.3 is 5.97 Å². The molecule has 0 N–H and O–H groups in total. The van der Waals surface area contributed by atoms with E-state index < -0.39 is 44.0 Å². The second kappa shape index (κ2) is 8.71. The van der Waals surface area contributed by atoms with Crippen molar-refractivity contribution in [1.29, 1.82) is 0 Å². The first kappa shape index (κ1) is 23.9. The van der Waals surface area contributed by atoms with Gasteiger partial charge in [-0.05, 0) is 49.6 Å². The molecule has 2 saturated heterocycles.